The number of aromatic nitrogens is 3. The zero-order valence-corrected chi connectivity index (χ0v) is 9.35. The third-order valence-electron chi connectivity index (χ3n) is 3.07. The molecule has 2 aromatic heterocycles. The highest BCUT2D eigenvalue weighted by molar-refractivity contribution is 5.89. The molecule has 84 valence electrons. The minimum atomic E-state index is 1.01. The van der Waals surface area contributed by atoms with Crippen molar-refractivity contribution in [1.82, 2.24) is 20.1 Å². The second-order valence-corrected chi connectivity index (χ2v) is 4.07. The molecular weight excluding hydrogens is 202 g/mol. The van der Waals surface area contributed by atoms with E-state index in [0.29, 0.717) is 0 Å². The zero-order valence-electron chi connectivity index (χ0n) is 9.35. The van der Waals surface area contributed by atoms with E-state index in [2.05, 4.69) is 20.3 Å². The van der Waals surface area contributed by atoms with Crippen LogP contribution in [0.2, 0.25) is 0 Å². The summed E-state index contributed by atoms with van der Waals surface area (Å²) in [4.78, 5) is 6.81. The maximum absolute atomic E-state index is 4.49. The van der Waals surface area contributed by atoms with Gasteiger partial charge in [-0.15, -0.1) is 0 Å². The number of hydrogen-bond acceptors (Lipinski definition) is 4. The van der Waals surface area contributed by atoms with Gasteiger partial charge in [-0.1, -0.05) is 0 Å². The molecule has 1 aliphatic rings. The van der Waals surface area contributed by atoms with Crippen LogP contribution in [0, 0.1) is 0 Å². The first kappa shape index (κ1) is 9.59. The lowest BCUT2D eigenvalue weighted by Gasteiger charge is -2.28. The predicted molar refractivity (Wildman–Crippen MR) is 63.6 cm³/mol. The normalized spacial score (nSPS) is 16.9. The summed E-state index contributed by atoms with van der Waals surface area (Å²) < 4.78 is 1.89. The average molecular weight is 217 g/mol. The quantitative estimate of drug-likeness (QED) is 0.750. The van der Waals surface area contributed by atoms with E-state index < -0.39 is 0 Å². The number of piperazine rings is 1. The van der Waals surface area contributed by atoms with Crippen LogP contribution >= 0.6 is 0 Å². The van der Waals surface area contributed by atoms with Gasteiger partial charge in [-0.3, -0.25) is 4.68 Å². The summed E-state index contributed by atoms with van der Waals surface area (Å²) in [6.45, 7) is 4.08. The summed E-state index contributed by atoms with van der Waals surface area (Å²) in [6, 6.07) is 2.01. The van der Waals surface area contributed by atoms with Gasteiger partial charge >= 0.3 is 0 Å². The van der Waals surface area contributed by atoms with Crippen molar-refractivity contribution in [2.24, 2.45) is 7.05 Å². The molecule has 0 unspecified atom stereocenters. The SMILES string of the molecule is Cn1ncc2c(N3CCNCC3)nccc21. The van der Waals surface area contributed by atoms with Crippen LogP contribution in [0.4, 0.5) is 5.82 Å². The second-order valence-electron chi connectivity index (χ2n) is 4.07. The number of hydrogen-bond donors (Lipinski definition) is 1. The van der Waals surface area contributed by atoms with Gasteiger partial charge in [0.15, 0.2) is 0 Å². The van der Waals surface area contributed by atoms with Gasteiger partial charge in [0.05, 0.1) is 17.1 Å². The number of aryl methyl sites for hydroxylation is 1. The number of anilines is 1. The van der Waals surface area contributed by atoms with Gasteiger partial charge in [-0.2, -0.15) is 5.10 Å². The van der Waals surface area contributed by atoms with E-state index in [1.807, 2.05) is 30.2 Å². The molecule has 1 saturated heterocycles. The molecule has 5 nitrogen and oxygen atoms in total. The molecule has 0 amide bonds. The Hall–Kier alpha value is -1.62. The number of fused-ring (bicyclic) bond motifs is 1. The smallest absolute Gasteiger partial charge is 0.139 e. The molecule has 3 heterocycles. The molecule has 0 aliphatic carbocycles. The highest BCUT2D eigenvalue weighted by atomic mass is 15.3. The summed E-state index contributed by atoms with van der Waals surface area (Å²) in [5, 5.41) is 8.78. The Morgan fingerprint density at radius 2 is 2.12 bits per heavy atom. The maximum Gasteiger partial charge on any atom is 0.139 e. The number of pyridine rings is 1. The molecule has 16 heavy (non-hydrogen) atoms. The summed E-state index contributed by atoms with van der Waals surface area (Å²) in [7, 11) is 1.96. The summed E-state index contributed by atoms with van der Waals surface area (Å²) in [5.74, 6) is 1.06. The van der Waals surface area contributed by atoms with Crippen LogP contribution in [0.25, 0.3) is 10.9 Å². The van der Waals surface area contributed by atoms with E-state index in [9.17, 15) is 0 Å². The second kappa shape index (κ2) is 3.75. The van der Waals surface area contributed by atoms with Crippen molar-refractivity contribution in [2.75, 3.05) is 31.1 Å². The molecular formula is C11H15N5. The molecule has 1 N–H and O–H groups in total. The van der Waals surface area contributed by atoms with E-state index >= 15 is 0 Å². The summed E-state index contributed by atoms with van der Waals surface area (Å²) >= 11 is 0. The summed E-state index contributed by atoms with van der Waals surface area (Å²) in [5.41, 5.74) is 1.14. The fourth-order valence-electron chi connectivity index (χ4n) is 2.19. The lowest BCUT2D eigenvalue weighted by atomic mass is 10.2. The topological polar surface area (TPSA) is 46.0 Å². The lowest BCUT2D eigenvalue weighted by molar-refractivity contribution is 0.586. The van der Waals surface area contributed by atoms with Crippen molar-refractivity contribution < 1.29 is 0 Å². The van der Waals surface area contributed by atoms with E-state index in [-0.39, 0.29) is 0 Å². The minimum absolute atomic E-state index is 1.01. The van der Waals surface area contributed by atoms with Crippen molar-refractivity contribution in [3.05, 3.63) is 18.5 Å². The Morgan fingerprint density at radius 3 is 2.94 bits per heavy atom. The first-order valence-corrected chi connectivity index (χ1v) is 5.58. The number of rotatable bonds is 1. The molecule has 0 atom stereocenters. The fourth-order valence-corrected chi connectivity index (χ4v) is 2.19. The van der Waals surface area contributed by atoms with E-state index in [0.717, 1.165) is 42.9 Å². The lowest BCUT2D eigenvalue weighted by Crippen LogP contribution is -2.43. The third-order valence-corrected chi connectivity index (χ3v) is 3.07. The zero-order chi connectivity index (χ0) is 11.0. The van der Waals surface area contributed by atoms with Crippen LogP contribution < -0.4 is 10.2 Å². The van der Waals surface area contributed by atoms with Gasteiger partial charge in [-0.25, -0.2) is 4.98 Å². The minimum Gasteiger partial charge on any atom is -0.353 e. The van der Waals surface area contributed by atoms with Gasteiger partial charge in [0.2, 0.25) is 0 Å². The Bertz CT molecular complexity index is 498. The highest BCUT2D eigenvalue weighted by Gasteiger charge is 2.15. The maximum atomic E-state index is 4.49. The first-order chi connectivity index (χ1) is 7.86. The van der Waals surface area contributed by atoms with Crippen LogP contribution in [0.3, 0.4) is 0 Å². The fraction of sp³-hybridized carbons (Fsp3) is 0.455. The molecule has 0 spiro atoms. The van der Waals surface area contributed by atoms with Crippen LogP contribution in [-0.2, 0) is 7.05 Å². The molecule has 0 saturated carbocycles. The molecule has 1 fully saturated rings. The first-order valence-electron chi connectivity index (χ1n) is 5.58. The van der Waals surface area contributed by atoms with Gasteiger partial charge in [-0.05, 0) is 6.07 Å². The van der Waals surface area contributed by atoms with Crippen LogP contribution in [0.1, 0.15) is 0 Å². The summed E-state index contributed by atoms with van der Waals surface area (Å²) in [6.07, 6.45) is 3.76. The van der Waals surface area contributed by atoms with Crippen molar-refractivity contribution >= 4 is 16.7 Å². The molecule has 0 aromatic carbocycles. The standard InChI is InChI=1S/C11H15N5/c1-15-10-2-3-13-11(9(10)8-14-15)16-6-4-12-5-7-16/h2-3,8,12H,4-7H2,1H3. The molecule has 0 radical (unpaired) electrons. The van der Waals surface area contributed by atoms with Crippen molar-refractivity contribution in [2.45, 2.75) is 0 Å². The van der Waals surface area contributed by atoms with Crippen molar-refractivity contribution in [3.8, 4) is 0 Å². The number of nitrogens with one attached hydrogen (secondary N) is 1. The molecule has 1 aliphatic heterocycles. The van der Waals surface area contributed by atoms with Gasteiger partial charge in [0, 0.05) is 39.4 Å². The van der Waals surface area contributed by atoms with Crippen LogP contribution in [-0.4, -0.2) is 40.9 Å². The van der Waals surface area contributed by atoms with Crippen LogP contribution in [0.15, 0.2) is 18.5 Å². The van der Waals surface area contributed by atoms with Crippen molar-refractivity contribution in [3.63, 3.8) is 0 Å². The van der Waals surface area contributed by atoms with Gasteiger partial charge in [0.1, 0.15) is 5.82 Å². The Balaban J connectivity index is 2.08. The average Bonchev–Trinajstić information content (AvgIpc) is 2.73. The Morgan fingerprint density at radius 1 is 1.31 bits per heavy atom. The number of nitrogens with zero attached hydrogens (tertiary/aromatic N) is 4. The Labute approximate surface area is 94.1 Å². The molecule has 3 rings (SSSR count). The molecule has 2 aromatic rings. The Kier molecular flexibility index (Phi) is 2.25. The van der Waals surface area contributed by atoms with Gasteiger partial charge in [0.25, 0.3) is 0 Å². The van der Waals surface area contributed by atoms with Crippen LogP contribution in [0.5, 0.6) is 0 Å². The highest BCUT2D eigenvalue weighted by Crippen LogP contribution is 2.23. The third kappa shape index (κ3) is 1.44. The van der Waals surface area contributed by atoms with E-state index in [1.165, 1.54) is 0 Å². The largest absolute Gasteiger partial charge is 0.353 e. The molecule has 0 bridgehead atoms. The van der Waals surface area contributed by atoms with Gasteiger partial charge < -0.3 is 10.2 Å². The monoisotopic (exact) mass is 217 g/mol. The predicted octanol–water partition coefficient (Wildman–Crippen LogP) is 0.378. The molecule has 5 heteroatoms. The van der Waals surface area contributed by atoms with Crippen molar-refractivity contribution in [1.29, 1.82) is 0 Å². The van der Waals surface area contributed by atoms with E-state index in [1.54, 1.807) is 0 Å². The van der Waals surface area contributed by atoms with E-state index in [4.69, 9.17) is 0 Å².